The van der Waals surface area contributed by atoms with Crippen LogP contribution in [0.5, 0.6) is 0 Å². The molecule has 0 aliphatic rings. The van der Waals surface area contributed by atoms with Gasteiger partial charge in [0.2, 0.25) is 10.0 Å². The summed E-state index contributed by atoms with van der Waals surface area (Å²) < 4.78 is 49.2. The average molecular weight is 342 g/mol. The SMILES string of the molecule is CC(C)(O)CNS(=O)(=O)c1cc(S(C)(=O)=O)ccc1Cl. The van der Waals surface area contributed by atoms with E-state index >= 15 is 0 Å². The van der Waals surface area contributed by atoms with Crippen molar-refractivity contribution in [1.82, 2.24) is 4.72 Å². The maximum absolute atomic E-state index is 12.1. The molecule has 0 bridgehead atoms. The first-order valence-electron chi connectivity index (χ1n) is 5.55. The van der Waals surface area contributed by atoms with Crippen molar-refractivity contribution in [2.24, 2.45) is 0 Å². The molecule has 0 fully saturated rings. The number of hydrogen-bond acceptors (Lipinski definition) is 5. The van der Waals surface area contributed by atoms with Crippen molar-refractivity contribution in [2.75, 3.05) is 12.8 Å². The summed E-state index contributed by atoms with van der Waals surface area (Å²) in [6, 6.07) is 3.42. The molecular weight excluding hydrogens is 326 g/mol. The Kier molecular flexibility index (Phi) is 4.87. The second-order valence-electron chi connectivity index (χ2n) is 5.00. The Morgan fingerprint density at radius 3 is 2.25 bits per heavy atom. The highest BCUT2D eigenvalue weighted by Crippen LogP contribution is 2.24. The number of aliphatic hydroxyl groups is 1. The minimum Gasteiger partial charge on any atom is -0.389 e. The van der Waals surface area contributed by atoms with E-state index in [1.165, 1.54) is 26.0 Å². The van der Waals surface area contributed by atoms with Gasteiger partial charge in [0.15, 0.2) is 9.84 Å². The van der Waals surface area contributed by atoms with Gasteiger partial charge < -0.3 is 5.11 Å². The summed E-state index contributed by atoms with van der Waals surface area (Å²) in [5, 5.41) is 9.43. The number of rotatable bonds is 5. The molecule has 1 aromatic rings. The van der Waals surface area contributed by atoms with E-state index < -0.39 is 25.5 Å². The van der Waals surface area contributed by atoms with Gasteiger partial charge in [-0.25, -0.2) is 21.6 Å². The van der Waals surface area contributed by atoms with Gasteiger partial charge in [-0.05, 0) is 32.0 Å². The van der Waals surface area contributed by atoms with Gasteiger partial charge in [-0.3, -0.25) is 0 Å². The van der Waals surface area contributed by atoms with Crippen LogP contribution in [0.3, 0.4) is 0 Å². The number of nitrogens with one attached hydrogen (secondary N) is 1. The van der Waals surface area contributed by atoms with Crippen molar-refractivity contribution in [3.63, 3.8) is 0 Å². The third kappa shape index (κ3) is 4.71. The second kappa shape index (κ2) is 5.61. The van der Waals surface area contributed by atoms with Crippen LogP contribution in [0.4, 0.5) is 0 Å². The molecule has 20 heavy (non-hydrogen) atoms. The second-order valence-corrected chi connectivity index (χ2v) is 9.16. The fourth-order valence-electron chi connectivity index (χ4n) is 1.27. The van der Waals surface area contributed by atoms with Gasteiger partial charge in [0.05, 0.1) is 15.5 Å². The molecule has 0 aliphatic carbocycles. The Hall–Kier alpha value is -0.670. The lowest BCUT2D eigenvalue weighted by Gasteiger charge is -2.18. The van der Waals surface area contributed by atoms with Crippen LogP contribution in [0.25, 0.3) is 0 Å². The highest BCUT2D eigenvalue weighted by molar-refractivity contribution is 7.91. The molecule has 0 aliphatic heterocycles. The van der Waals surface area contributed by atoms with Crippen molar-refractivity contribution in [3.8, 4) is 0 Å². The first-order chi connectivity index (χ1) is 8.83. The van der Waals surface area contributed by atoms with E-state index in [2.05, 4.69) is 4.72 Å². The molecular formula is C11H16ClNO5S2. The van der Waals surface area contributed by atoms with E-state index in [-0.39, 0.29) is 21.4 Å². The average Bonchev–Trinajstić information content (AvgIpc) is 2.24. The van der Waals surface area contributed by atoms with Crippen LogP contribution in [0, 0.1) is 0 Å². The maximum Gasteiger partial charge on any atom is 0.242 e. The van der Waals surface area contributed by atoms with Crippen molar-refractivity contribution < 1.29 is 21.9 Å². The zero-order valence-electron chi connectivity index (χ0n) is 11.2. The summed E-state index contributed by atoms with van der Waals surface area (Å²) in [4.78, 5) is -0.489. The molecule has 0 heterocycles. The summed E-state index contributed by atoms with van der Waals surface area (Å²) in [5.74, 6) is 0. The van der Waals surface area contributed by atoms with E-state index in [9.17, 15) is 21.9 Å². The van der Waals surface area contributed by atoms with Gasteiger partial charge in [-0.1, -0.05) is 11.6 Å². The van der Waals surface area contributed by atoms with Gasteiger partial charge >= 0.3 is 0 Å². The summed E-state index contributed by atoms with van der Waals surface area (Å²) in [5.41, 5.74) is -1.24. The van der Waals surface area contributed by atoms with Gasteiger partial charge in [0.25, 0.3) is 0 Å². The van der Waals surface area contributed by atoms with Gasteiger partial charge in [-0.2, -0.15) is 0 Å². The molecule has 6 nitrogen and oxygen atoms in total. The first kappa shape index (κ1) is 17.4. The van der Waals surface area contributed by atoms with Crippen molar-refractivity contribution in [1.29, 1.82) is 0 Å². The molecule has 0 unspecified atom stereocenters. The largest absolute Gasteiger partial charge is 0.389 e. The van der Waals surface area contributed by atoms with Crippen molar-refractivity contribution in [3.05, 3.63) is 23.2 Å². The van der Waals surface area contributed by atoms with Crippen LogP contribution in [-0.2, 0) is 19.9 Å². The lowest BCUT2D eigenvalue weighted by atomic mass is 10.1. The number of hydrogen-bond donors (Lipinski definition) is 2. The Balaban J connectivity index is 3.25. The predicted molar refractivity (Wildman–Crippen MR) is 76.0 cm³/mol. The minimum atomic E-state index is -4.01. The zero-order chi connectivity index (χ0) is 15.8. The van der Waals surface area contributed by atoms with E-state index in [4.69, 9.17) is 11.6 Å². The number of sulfone groups is 1. The van der Waals surface area contributed by atoms with E-state index in [0.29, 0.717) is 0 Å². The summed E-state index contributed by atoms with van der Waals surface area (Å²) in [6.45, 7) is 2.64. The number of halogens is 1. The minimum absolute atomic E-state index is 0.0966. The lowest BCUT2D eigenvalue weighted by molar-refractivity contribution is 0.0857. The molecule has 0 spiro atoms. The Bertz CT molecular complexity index is 705. The highest BCUT2D eigenvalue weighted by atomic mass is 35.5. The van der Waals surface area contributed by atoms with Crippen LogP contribution >= 0.6 is 11.6 Å². The fraction of sp³-hybridized carbons (Fsp3) is 0.455. The zero-order valence-corrected chi connectivity index (χ0v) is 13.6. The van der Waals surface area contributed by atoms with Crippen LogP contribution < -0.4 is 4.72 Å². The topological polar surface area (TPSA) is 101 Å². The maximum atomic E-state index is 12.1. The molecule has 1 aromatic carbocycles. The number of sulfonamides is 1. The molecule has 0 radical (unpaired) electrons. The molecule has 9 heteroatoms. The third-order valence-corrected chi connectivity index (χ3v) is 5.31. The molecule has 114 valence electrons. The highest BCUT2D eigenvalue weighted by Gasteiger charge is 2.23. The first-order valence-corrected chi connectivity index (χ1v) is 9.30. The van der Waals surface area contributed by atoms with E-state index in [1.54, 1.807) is 0 Å². The Morgan fingerprint density at radius 1 is 1.25 bits per heavy atom. The smallest absolute Gasteiger partial charge is 0.242 e. The van der Waals surface area contributed by atoms with Crippen LogP contribution in [-0.4, -0.2) is 40.3 Å². The summed E-state index contributed by atoms with van der Waals surface area (Å²) in [6.07, 6.45) is 0.969. The Morgan fingerprint density at radius 2 is 1.80 bits per heavy atom. The normalized spacial score (nSPS) is 13.4. The van der Waals surface area contributed by atoms with Crippen LogP contribution in [0.2, 0.25) is 5.02 Å². The molecule has 0 saturated heterocycles. The van der Waals surface area contributed by atoms with Crippen molar-refractivity contribution >= 4 is 31.5 Å². The number of benzene rings is 1. The van der Waals surface area contributed by atoms with E-state index in [1.807, 2.05) is 0 Å². The molecule has 0 amide bonds. The fourth-order valence-corrected chi connectivity index (χ4v) is 3.72. The molecule has 1 rings (SSSR count). The Labute approximate surface area is 123 Å². The molecule has 0 saturated carbocycles. The van der Waals surface area contributed by atoms with Gasteiger partial charge in [-0.15, -0.1) is 0 Å². The van der Waals surface area contributed by atoms with E-state index in [0.717, 1.165) is 12.3 Å². The standard InChI is InChI=1S/C11H16ClNO5S2/c1-11(2,14)7-13-20(17,18)10-6-8(19(3,15)16)4-5-9(10)12/h4-6,13-14H,7H2,1-3H3. The molecule has 2 N–H and O–H groups in total. The third-order valence-electron chi connectivity index (χ3n) is 2.32. The van der Waals surface area contributed by atoms with Crippen molar-refractivity contribution in [2.45, 2.75) is 29.2 Å². The molecule has 0 aromatic heterocycles. The summed E-state index contributed by atoms with van der Waals surface area (Å²) in [7, 11) is -7.56. The van der Waals surface area contributed by atoms with Crippen LogP contribution in [0.15, 0.2) is 28.0 Å². The summed E-state index contributed by atoms with van der Waals surface area (Å²) >= 11 is 5.80. The van der Waals surface area contributed by atoms with Gasteiger partial charge in [0, 0.05) is 12.8 Å². The predicted octanol–water partition coefficient (Wildman–Crippen LogP) is 0.793. The monoisotopic (exact) mass is 341 g/mol. The quantitative estimate of drug-likeness (QED) is 0.824. The molecule has 0 atom stereocenters. The van der Waals surface area contributed by atoms with Crippen LogP contribution in [0.1, 0.15) is 13.8 Å². The van der Waals surface area contributed by atoms with Gasteiger partial charge in [0.1, 0.15) is 4.90 Å². The lowest BCUT2D eigenvalue weighted by Crippen LogP contribution is -2.38.